The number of para-hydroxylation sites is 3. The maximum absolute atomic E-state index is 12.6. The zero-order valence-electron chi connectivity index (χ0n) is 18.5. The van der Waals surface area contributed by atoms with Crippen LogP contribution in [0.25, 0.3) is 33.6 Å². The standard InChI is InChI=1S/C28H23N5O/c29-17-21(28-31-24-11-5-6-12-25(24)32-28)16-22-18-33(26-13-7-4-10-23(22)26)19-27(34)30-15-14-20-8-2-1-3-9-20/h1-13,16,18H,14-15,19H2,(H,30,34)(H,31,32). The van der Waals surface area contributed by atoms with E-state index in [1.54, 1.807) is 0 Å². The number of amides is 1. The van der Waals surface area contributed by atoms with Gasteiger partial charge in [0, 0.05) is 29.2 Å². The van der Waals surface area contributed by atoms with Crippen molar-refractivity contribution in [1.82, 2.24) is 19.9 Å². The summed E-state index contributed by atoms with van der Waals surface area (Å²) >= 11 is 0. The zero-order chi connectivity index (χ0) is 23.3. The largest absolute Gasteiger partial charge is 0.354 e. The third-order valence-corrected chi connectivity index (χ3v) is 5.78. The maximum atomic E-state index is 12.6. The van der Waals surface area contributed by atoms with Crippen LogP contribution in [0, 0.1) is 11.3 Å². The third-order valence-electron chi connectivity index (χ3n) is 5.78. The molecule has 2 N–H and O–H groups in total. The number of rotatable bonds is 7. The van der Waals surface area contributed by atoms with Gasteiger partial charge in [0.25, 0.3) is 0 Å². The number of aromatic nitrogens is 3. The molecule has 0 fully saturated rings. The molecule has 2 aromatic heterocycles. The van der Waals surface area contributed by atoms with E-state index in [4.69, 9.17) is 0 Å². The number of carbonyl (C=O) groups is 1. The first-order chi connectivity index (χ1) is 16.7. The van der Waals surface area contributed by atoms with Crippen molar-refractivity contribution in [3.05, 3.63) is 102 Å². The Morgan fingerprint density at radius 3 is 2.62 bits per heavy atom. The molecule has 0 bridgehead atoms. The fourth-order valence-corrected chi connectivity index (χ4v) is 4.11. The van der Waals surface area contributed by atoms with E-state index in [-0.39, 0.29) is 12.5 Å². The minimum Gasteiger partial charge on any atom is -0.354 e. The summed E-state index contributed by atoms with van der Waals surface area (Å²) in [6, 6.07) is 27.9. The molecule has 0 aliphatic heterocycles. The van der Waals surface area contributed by atoms with Crippen LogP contribution in [0.2, 0.25) is 0 Å². The second-order valence-corrected chi connectivity index (χ2v) is 8.09. The lowest BCUT2D eigenvalue weighted by molar-refractivity contribution is -0.121. The summed E-state index contributed by atoms with van der Waals surface area (Å²) in [5, 5.41) is 13.8. The van der Waals surface area contributed by atoms with E-state index < -0.39 is 0 Å². The molecule has 0 aliphatic rings. The molecule has 166 valence electrons. The number of hydrogen-bond acceptors (Lipinski definition) is 3. The monoisotopic (exact) mass is 445 g/mol. The topological polar surface area (TPSA) is 86.5 Å². The first kappa shape index (κ1) is 21.2. The molecule has 6 heteroatoms. The molecule has 0 saturated heterocycles. The number of H-pyrrole nitrogens is 1. The highest BCUT2D eigenvalue weighted by atomic mass is 16.1. The normalized spacial score (nSPS) is 11.6. The Kier molecular flexibility index (Phi) is 5.91. The SMILES string of the molecule is N#CC(=Cc1cn(CC(=O)NCCc2ccccc2)c2ccccc12)c1nc2ccccc2[nH]1. The van der Waals surface area contributed by atoms with Gasteiger partial charge < -0.3 is 14.9 Å². The Balaban J connectivity index is 1.38. The van der Waals surface area contributed by atoms with Crippen LogP contribution in [0.3, 0.4) is 0 Å². The summed E-state index contributed by atoms with van der Waals surface area (Å²) in [5.41, 5.74) is 5.13. The summed E-state index contributed by atoms with van der Waals surface area (Å²) in [7, 11) is 0. The summed E-state index contributed by atoms with van der Waals surface area (Å²) in [6.07, 6.45) is 4.53. The fraction of sp³-hybridized carbons (Fsp3) is 0.107. The van der Waals surface area contributed by atoms with Crippen LogP contribution < -0.4 is 5.32 Å². The van der Waals surface area contributed by atoms with Crippen LogP contribution in [0.1, 0.15) is 17.0 Å². The molecule has 0 radical (unpaired) electrons. The molecule has 34 heavy (non-hydrogen) atoms. The number of benzene rings is 3. The quantitative estimate of drug-likeness (QED) is 0.348. The number of aromatic amines is 1. The van der Waals surface area contributed by atoms with Crippen molar-refractivity contribution in [2.75, 3.05) is 6.54 Å². The fourth-order valence-electron chi connectivity index (χ4n) is 4.11. The van der Waals surface area contributed by atoms with Crippen LogP contribution in [0.4, 0.5) is 0 Å². The average molecular weight is 446 g/mol. The van der Waals surface area contributed by atoms with Crippen molar-refractivity contribution in [3.63, 3.8) is 0 Å². The highest BCUT2D eigenvalue weighted by Gasteiger charge is 2.13. The highest BCUT2D eigenvalue weighted by molar-refractivity contribution is 5.98. The number of allylic oxidation sites excluding steroid dienone is 1. The van der Waals surface area contributed by atoms with Crippen molar-refractivity contribution in [3.8, 4) is 6.07 Å². The number of nitriles is 1. The van der Waals surface area contributed by atoms with Gasteiger partial charge in [-0.2, -0.15) is 5.26 Å². The van der Waals surface area contributed by atoms with E-state index in [2.05, 4.69) is 33.5 Å². The van der Waals surface area contributed by atoms with Gasteiger partial charge in [-0.15, -0.1) is 0 Å². The number of nitrogens with zero attached hydrogens (tertiary/aromatic N) is 3. The molecular weight excluding hydrogens is 422 g/mol. The Labute approximate surface area is 197 Å². The smallest absolute Gasteiger partial charge is 0.239 e. The Morgan fingerprint density at radius 2 is 1.79 bits per heavy atom. The minimum atomic E-state index is -0.0509. The predicted octanol–water partition coefficient (Wildman–Crippen LogP) is 4.94. The second kappa shape index (κ2) is 9.47. The van der Waals surface area contributed by atoms with E-state index in [0.717, 1.165) is 33.9 Å². The van der Waals surface area contributed by atoms with Gasteiger partial charge in [-0.05, 0) is 36.3 Å². The molecule has 6 nitrogen and oxygen atoms in total. The first-order valence-corrected chi connectivity index (χ1v) is 11.2. The lowest BCUT2D eigenvalue weighted by atomic mass is 10.1. The molecule has 2 heterocycles. The lowest BCUT2D eigenvalue weighted by Gasteiger charge is -2.07. The van der Waals surface area contributed by atoms with Gasteiger partial charge in [-0.25, -0.2) is 4.98 Å². The third kappa shape index (κ3) is 4.45. The number of fused-ring (bicyclic) bond motifs is 2. The first-order valence-electron chi connectivity index (χ1n) is 11.2. The molecule has 5 rings (SSSR count). The summed E-state index contributed by atoms with van der Waals surface area (Å²) in [5.74, 6) is 0.476. The van der Waals surface area contributed by atoms with Crippen molar-refractivity contribution in [2.24, 2.45) is 0 Å². The summed E-state index contributed by atoms with van der Waals surface area (Å²) < 4.78 is 1.92. The lowest BCUT2D eigenvalue weighted by Crippen LogP contribution is -2.29. The summed E-state index contributed by atoms with van der Waals surface area (Å²) in [6.45, 7) is 0.787. The van der Waals surface area contributed by atoms with Crippen molar-refractivity contribution < 1.29 is 4.79 Å². The predicted molar refractivity (Wildman–Crippen MR) is 135 cm³/mol. The van der Waals surface area contributed by atoms with E-state index in [9.17, 15) is 10.1 Å². The number of hydrogen-bond donors (Lipinski definition) is 2. The minimum absolute atomic E-state index is 0.0509. The van der Waals surface area contributed by atoms with Crippen molar-refractivity contribution in [2.45, 2.75) is 13.0 Å². The Hall–Kier alpha value is -4.63. The van der Waals surface area contributed by atoms with E-state index in [1.165, 1.54) is 5.56 Å². The Morgan fingerprint density at radius 1 is 1.03 bits per heavy atom. The molecule has 0 spiro atoms. The van der Waals surface area contributed by atoms with Crippen LogP contribution in [-0.4, -0.2) is 27.0 Å². The van der Waals surface area contributed by atoms with Gasteiger partial charge >= 0.3 is 0 Å². The van der Waals surface area contributed by atoms with Gasteiger partial charge in [0.15, 0.2) is 0 Å². The van der Waals surface area contributed by atoms with Gasteiger partial charge in [-0.3, -0.25) is 4.79 Å². The molecule has 0 aliphatic carbocycles. The molecule has 0 saturated carbocycles. The average Bonchev–Trinajstić information content (AvgIpc) is 3.45. The van der Waals surface area contributed by atoms with Crippen LogP contribution in [-0.2, 0) is 17.8 Å². The van der Waals surface area contributed by atoms with Crippen LogP contribution in [0.5, 0.6) is 0 Å². The zero-order valence-corrected chi connectivity index (χ0v) is 18.5. The van der Waals surface area contributed by atoms with Gasteiger partial charge in [0.05, 0.1) is 16.6 Å². The molecule has 0 unspecified atom stereocenters. The van der Waals surface area contributed by atoms with E-state index in [1.807, 2.05) is 83.6 Å². The molecule has 3 aromatic carbocycles. The van der Waals surface area contributed by atoms with Gasteiger partial charge in [0.1, 0.15) is 18.4 Å². The number of imidazole rings is 1. The maximum Gasteiger partial charge on any atom is 0.239 e. The summed E-state index contributed by atoms with van der Waals surface area (Å²) in [4.78, 5) is 20.4. The number of carbonyl (C=O) groups excluding carboxylic acids is 1. The molecule has 5 aromatic rings. The highest BCUT2D eigenvalue weighted by Crippen LogP contribution is 2.26. The van der Waals surface area contributed by atoms with E-state index in [0.29, 0.717) is 17.9 Å². The van der Waals surface area contributed by atoms with Crippen LogP contribution in [0.15, 0.2) is 85.1 Å². The van der Waals surface area contributed by atoms with Crippen molar-refractivity contribution >= 4 is 39.5 Å². The van der Waals surface area contributed by atoms with Gasteiger partial charge in [0.2, 0.25) is 5.91 Å². The van der Waals surface area contributed by atoms with Crippen molar-refractivity contribution in [1.29, 1.82) is 5.26 Å². The molecule has 1 amide bonds. The van der Waals surface area contributed by atoms with E-state index >= 15 is 0 Å². The second-order valence-electron chi connectivity index (χ2n) is 8.09. The van der Waals surface area contributed by atoms with Gasteiger partial charge in [-0.1, -0.05) is 60.7 Å². The molecule has 0 atom stereocenters. The number of nitrogens with one attached hydrogen (secondary N) is 2. The Bertz CT molecular complexity index is 1500. The molecular formula is C28H23N5O. The van der Waals surface area contributed by atoms with Crippen LogP contribution >= 0.6 is 0 Å².